The van der Waals surface area contributed by atoms with Crippen LogP contribution in [0.1, 0.15) is 116 Å². The van der Waals surface area contributed by atoms with Gasteiger partial charge < -0.3 is 9.66 Å². The second-order valence-electron chi connectivity index (χ2n) is 7.56. The molecule has 1 atom stereocenters. The van der Waals surface area contributed by atoms with Gasteiger partial charge in [-0.3, -0.25) is 0 Å². The van der Waals surface area contributed by atoms with Gasteiger partial charge in [0.25, 0.3) is 0 Å². The van der Waals surface area contributed by atoms with Crippen molar-refractivity contribution >= 4 is 10.1 Å². The van der Waals surface area contributed by atoms with Crippen LogP contribution >= 0.6 is 0 Å². The Morgan fingerprint density at radius 1 is 0.654 bits per heavy atom. The zero-order valence-electron chi connectivity index (χ0n) is 17.4. The topological polar surface area (TPSA) is 77.4 Å². The Bertz CT molecular complexity index is 372. The van der Waals surface area contributed by atoms with Crippen molar-refractivity contribution in [1.82, 2.24) is 0 Å². The van der Waals surface area contributed by atoms with Crippen LogP contribution in [0.15, 0.2) is 0 Å². The number of aliphatic hydroxyl groups excluding tert-OH is 1. The van der Waals surface area contributed by atoms with Crippen LogP contribution in [0, 0.1) is 0 Å². The van der Waals surface area contributed by atoms with Gasteiger partial charge in [-0.15, -0.1) is 0 Å². The smallest absolute Gasteiger partial charge is 0.748 e. The predicted octanol–water partition coefficient (Wildman–Crippen LogP) is 2.55. The van der Waals surface area contributed by atoms with Crippen LogP contribution in [-0.4, -0.2) is 29.9 Å². The molecule has 0 bridgehead atoms. The third-order valence-electron chi connectivity index (χ3n) is 4.77. The molecule has 1 unspecified atom stereocenters. The van der Waals surface area contributed by atoms with Crippen molar-refractivity contribution in [2.75, 3.05) is 5.75 Å². The minimum Gasteiger partial charge on any atom is -0.748 e. The molecule has 0 aliphatic carbocycles. The molecule has 0 spiro atoms. The predicted molar refractivity (Wildman–Crippen MR) is 105 cm³/mol. The van der Waals surface area contributed by atoms with E-state index in [-0.39, 0.29) is 63.2 Å². The van der Waals surface area contributed by atoms with Gasteiger partial charge in [-0.05, 0) is 19.8 Å². The third kappa shape index (κ3) is 27.7. The molecule has 0 aliphatic rings. The maximum absolute atomic E-state index is 10.4. The van der Waals surface area contributed by atoms with Crippen LogP contribution in [0.25, 0.3) is 0 Å². The Balaban J connectivity index is 0. The van der Waals surface area contributed by atoms with Gasteiger partial charge in [0.15, 0.2) is 0 Å². The van der Waals surface area contributed by atoms with E-state index in [1.54, 1.807) is 0 Å². The van der Waals surface area contributed by atoms with Gasteiger partial charge in [-0.2, -0.15) is 0 Å². The molecule has 0 heterocycles. The second-order valence-corrected chi connectivity index (χ2v) is 9.08. The van der Waals surface area contributed by atoms with Crippen LogP contribution < -0.4 is 51.4 Å². The Hall–Kier alpha value is 1.51. The zero-order valence-corrected chi connectivity index (χ0v) is 21.3. The number of hydrogen-bond donors (Lipinski definition) is 1. The van der Waals surface area contributed by atoms with E-state index in [2.05, 4.69) is 0 Å². The summed E-state index contributed by atoms with van der Waals surface area (Å²) in [4.78, 5) is 0. The Kier molecular flexibility index (Phi) is 24.2. The van der Waals surface area contributed by atoms with Crippen LogP contribution in [0.5, 0.6) is 0 Å². The molecule has 4 nitrogen and oxygen atoms in total. The zero-order chi connectivity index (χ0) is 18.8. The molecule has 152 valence electrons. The molecule has 1 N–H and O–H groups in total. The molecule has 0 aromatic carbocycles. The Labute approximate surface area is 205 Å². The van der Waals surface area contributed by atoms with Crippen molar-refractivity contribution in [3.05, 3.63) is 0 Å². The summed E-state index contributed by atoms with van der Waals surface area (Å²) in [5, 5.41) is 9.17. The number of aliphatic hydroxyl groups is 1. The van der Waals surface area contributed by atoms with Crippen LogP contribution in [-0.2, 0) is 10.1 Å². The van der Waals surface area contributed by atoms with Gasteiger partial charge in [0.2, 0.25) is 0 Å². The minimum absolute atomic E-state index is 0. The summed E-state index contributed by atoms with van der Waals surface area (Å²) in [5.41, 5.74) is 0. The van der Waals surface area contributed by atoms with Crippen molar-refractivity contribution < 1.29 is 69.5 Å². The van der Waals surface area contributed by atoms with E-state index in [9.17, 15) is 18.1 Å². The van der Waals surface area contributed by atoms with E-state index in [4.69, 9.17) is 0 Å². The van der Waals surface area contributed by atoms with Crippen molar-refractivity contribution in [1.29, 1.82) is 0 Å². The quantitative estimate of drug-likeness (QED) is 0.199. The molecule has 0 fully saturated rings. The van der Waals surface area contributed by atoms with Gasteiger partial charge in [0.05, 0.1) is 16.2 Å². The first-order valence-electron chi connectivity index (χ1n) is 10.5. The number of rotatable bonds is 19. The molecule has 0 saturated heterocycles. The summed E-state index contributed by atoms with van der Waals surface area (Å²) in [7, 11) is -4.01. The summed E-state index contributed by atoms with van der Waals surface area (Å²) in [6.07, 6.45) is 20.1. The molecule has 6 heteroatoms. The molecule has 0 aromatic heterocycles. The summed E-state index contributed by atoms with van der Waals surface area (Å²) in [5.74, 6) is -0.200. The summed E-state index contributed by atoms with van der Waals surface area (Å²) < 4.78 is 31.3. The van der Waals surface area contributed by atoms with Gasteiger partial charge in [-0.25, -0.2) is 8.42 Å². The fourth-order valence-electron chi connectivity index (χ4n) is 3.19. The number of hydrogen-bond acceptors (Lipinski definition) is 4. The van der Waals surface area contributed by atoms with E-state index in [1.165, 1.54) is 70.6 Å². The first kappa shape index (κ1) is 29.7. The molecule has 0 aliphatic heterocycles. The molecular weight excluding hydrogens is 375 g/mol. The second kappa shape index (κ2) is 21.2. The fraction of sp³-hybridized carbons (Fsp3) is 1.00. The van der Waals surface area contributed by atoms with Crippen molar-refractivity contribution in [3.63, 3.8) is 0 Å². The van der Waals surface area contributed by atoms with Gasteiger partial charge in [0.1, 0.15) is 0 Å². The maximum Gasteiger partial charge on any atom is 1.00 e. The van der Waals surface area contributed by atoms with E-state index in [0.29, 0.717) is 6.42 Å². The largest absolute Gasteiger partial charge is 1.00 e. The van der Waals surface area contributed by atoms with Crippen LogP contribution in [0.3, 0.4) is 0 Å². The molecule has 0 aromatic rings. The molecule has 0 saturated carbocycles. The molecule has 0 radical (unpaired) electrons. The first-order valence-corrected chi connectivity index (χ1v) is 12.1. The van der Waals surface area contributed by atoms with Crippen molar-refractivity contribution in [2.24, 2.45) is 0 Å². The molecule has 0 amide bonds. The van der Waals surface area contributed by atoms with Crippen LogP contribution in [0.2, 0.25) is 0 Å². The number of unbranched alkanes of at least 4 members (excludes halogenated alkanes) is 15. The summed E-state index contributed by atoms with van der Waals surface area (Å²) in [6.45, 7) is 1.87. The van der Waals surface area contributed by atoms with Crippen molar-refractivity contribution in [2.45, 2.75) is 122 Å². The normalized spacial score (nSPS) is 12.7. The SMILES string of the molecule is CC(O)CCCCCCCCCCCCCCCCCCS(=O)(=O)[O-].[K+]. The van der Waals surface area contributed by atoms with E-state index < -0.39 is 10.1 Å². The molecular formula is C20H41KO4S. The van der Waals surface area contributed by atoms with Crippen LogP contribution in [0.4, 0.5) is 0 Å². The summed E-state index contributed by atoms with van der Waals surface area (Å²) in [6, 6.07) is 0. The third-order valence-corrected chi connectivity index (χ3v) is 5.55. The fourth-order valence-corrected chi connectivity index (χ4v) is 3.75. The first-order chi connectivity index (χ1) is 11.9. The average molecular weight is 417 g/mol. The van der Waals surface area contributed by atoms with E-state index in [1.807, 2.05) is 6.92 Å². The van der Waals surface area contributed by atoms with E-state index >= 15 is 0 Å². The monoisotopic (exact) mass is 416 g/mol. The van der Waals surface area contributed by atoms with Crippen molar-refractivity contribution in [3.8, 4) is 0 Å². The molecule has 26 heavy (non-hydrogen) atoms. The van der Waals surface area contributed by atoms with Gasteiger partial charge in [-0.1, -0.05) is 96.3 Å². The maximum atomic E-state index is 10.4. The molecule has 0 rings (SSSR count). The Morgan fingerprint density at radius 3 is 1.19 bits per heavy atom. The summed E-state index contributed by atoms with van der Waals surface area (Å²) >= 11 is 0. The van der Waals surface area contributed by atoms with Gasteiger partial charge >= 0.3 is 51.4 Å². The average Bonchev–Trinajstić information content (AvgIpc) is 2.52. The van der Waals surface area contributed by atoms with E-state index in [0.717, 1.165) is 32.1 Å². The standard InChI is InChI=1S/C20H42O4S.K/c1-20(21)18-16-14-12-10-8-6-4-2-3-5-7-9-11-13-15-17-19-25(22,23)24;/h20-21H,2-19H2,1H3,(H,22,23,24);/q;+1/p-1. The van der Waals surface area contributed by atoms with Gasteiger partial charge in [0, 0.05) is 5.75 Å². The Morgan fingerprint density at radius 2 is 0.923 bits per heavy atom. The minimum atomic E-state index is -4.01.